The van der Waals surface area contributed by atoms with E-state index in [9.17, 15) is 0 Å². The fourth-order valence-electron chi connectivity index (χ4n) is 3.72. The maximum Gasteiger partial charge on any atom is 0.0125 e. The first-order chi connectivity index (χ1) is 10.4. The van der Waals surface area contributed by atoms with E-state index in [0.29, 0.717) is 11.8 Å². The predicted molar refractivity (Wildman–Crippen MR) is 88.7 cm³/mol. The van der Waals surface area contributed by atoms with Gasteiger partial charge in [-0.15, -0.1) is 0 Å². The van der Waals surface area contributed by atoms with Crippen LogP contribution >= 0.6 is 0 Å². The summed E-state index contributed by atoms with van der Waals surface area (Å²) in [5.74, 6) is 0.916. The molecular weight excluding hydrogens is 252 g/mol. The zero-order valence-corrected chi connectivity index (χ0v) is 12.2. The zero-order chi connectivity index (χ0) is 14.1. The molecule has 0 heterocycles. The molecule has 0 aliphatic heterocycles. The summed E-state index contributed by atoms with van der Waals surface area (Å²) in [6, 6.07) is 18.0. The summed E-state index contributed by atoms with van der Waals surface area (Å²) in [4.78, 5) is 0. The van der Waals surface area contributed by atoms with E-state index >= 15 is 0 Å². The fourth-order valence-corrected chi connectivity index (χ4v) is 3.72. The molecule has 0 radical (unpaired) electrons. The van der Waals surface area contributed by atoms with Crippen molar-refractivity contribution in [1.29, 1.82) is 0 Å². The monoisotopic (exact) mass is 272 g/mol. The van der Waals surface area contributed by atoms with Crippen LogP contribution in [-0.4, -0.2) is 0 Å². The van der Waals surface area contributed by atoms with Gasteiger partial charge in [-0.1, -0.05) is 72.8 Å². The Balaban J connectivity index is 1.72. The second kappa shape index (κ2) is 5.37. The molecule has 0 fully saturated rings. The number of hydrogen-bond acceptors (Lipinski definition) is 0. The highest BCUT2D eigenvalue weighted by Crippen LogP contribution is 2.38. The van der Waals surface area contributed by atoms with Crippen molar-refractivity contribution in [3.63, 3.8) is 0 Å². The molecule has 4 rings (SSSR count). The Labute approximate surface area is 126 Å². The van der Waals surface area contributed by atoms with Crippen LogP contribution in [0.15, 0.2) is 72.8 Å². The van der Waals surface area contributed by atoms with E-state index in [2.05, 4.69) is 72.8 Å². The van der Waals surface area contributed by atoms with Gasteiger partial charge in [-0.2, -0.15) is 0 Å². The maximum atomic E-state index is 2.45. The highest BCUT2D eigenvalue weighted by molar-refractivity contribution is 5.43. The van der Waals surface area contributed by atoms with Crippen molar-refractivity contribution in [2.45, 2.75) is 31.1 Å². The van der Waals surface area contributed by atoms with Gasteiger partial charge in [-0.05, 0) is 41.5 Å². The number of hydrogen-bond donors (Lipinski definition) is 0. The van der Waals surface area contributed by atoms with Gasteiger partial charge >= 0.3 is 0 Å². The zero-order valence-electron chi connectivity index (χ0n) is 12.2. The quantitative estimate of drug-likeness (QED) is 0.707. The minimum Gasteiger partial charge on any atom is -0.0761 e. The van der Waals surface area contributed by atoms with Gasteiger partial charge in [-0.3, -0.25) is 0 Å². The first-order valence-electron chi connectivity index (χ1n) is 7.93. The molecule has 0 nitrogen and oxygen atoms in total. The van der Waals surface area contributed by atoms with E-state index < -0.39 is 0 Å². The second-order valence-electron chi connectivity index (χ2n) is 6.11. The van der Waals surface area contributed by atoms with Crippen molar-refractivity contribution in [2.24, 2.45) is 0 Å². The Morgan fingerprint density at radius 2 is 1.38 bits per heavy atom. The normalized spacial score (nSPS) is 23.2. The van der Waals surface area contributed by atoms with Gasteiger partial charge in [-0.25, -0.2) is 0 Å². The largest absolute Gasteiger partial charge is 0.0761 e. The average Bonchev–Trinajstić information content (AvgIpc) is 3.03. The lowest BCUT2D eigenvalue weighted by atomic mass is 9.78. The van der Waals surface area contributed by atoms with E-state index in [1.807, 2.05) is 0 Å². The van der Waals surface area contributed by atoms with Crippen LogP contribution in [0.3, 0.4) is 0 Å². The van der Waals surface area contributed by atoms with Gasteiger partial charge in [0, 0.05) is 11.8 Å². The molecule has 0 bridgehead atoms. The van der Waals surface area contributed by atoms with Crippen LogP contribution in [0.1, 0.15) is 40.5 Å². The number of aryl methyl sites for hydroxylation is 2. The van der Waals surface area contributed by atoms with Crippen LogP contribution in [0.4, 0.5) is 0 Å². The molecule has 2 aliphatic carbocycles. The average molecular weight is 272 g/mol. The van der Waals surface area contributed by atoms with E-state index in [1.165, 1.54) is 30.4 Å². The molecule has 2 aliphatic rings. The third-order valence-corrected chi connectivity index (χ3v) is 4.83. The predicted octanol–water partition coefficient (Wildman–Crippen LogP) is 5.17. The SMILES string of the molecule is C1=CC(c2ccccc2)C(c2ccc3c(c2)CCC3)C=C1. The van der Waals surface area contributed by atoms with Crippen LogP contribution in [0.25, 0.3) is 0 Å². The highest BCUT2D eigenvalue weighted by Gasteiger charge is 2.23. The second-order valence-corrected chi connectivity index (χ2v) is 6.11. The Morgan fingerprint density at radius 1 is 0.667 bits per heavy atom. The number of rotatable bonds is 2. The topological polar surface area (TPSA) is 0 Å². The molecular formula is C21H20. The summed E-state index contributed by atoms with van der Waals surface area (Å²) < 4.78 is 0. The van der Waals surface area contributed by atoms with Gasteiger partial charge in [0.15, 0.2) is 0 Å². The Hall–Kier alpha value is -2.08. The summed E-state index contributed by atoms with van der Waals surface area (Å²) in [6.45, 7) is 0. The molecule has 21 heavy (non-hydrogen) atoms. The fraction of sp³-hybridized carbons (Fsp3) is 0.238. The lowest BCUT2D eigenvalue weighted by molar-refractivity contribution is 0.729. The molecule has 0 spiro atoms. The van der Waals surface area contributed by atoms with Crippen molar-refractivity contribution in [3.8, 4) is 0 Å². The van der Waals surface area contributed by atoms with Crippen LogP contribution in [0.2, 0.25) is 0 Å². The van der Waals surface area contributed by atoms with Crippen molar-refractivity contribution >= 4 is 0 Å². The molecule has 0 aromatic heterocycles. The first kappa shape index (κ1) is 12.6. The Kier molecular flexibility index (Phi) is 3.23. The van der Waals surface area contributed by atoms with E-state index in [1.54, 1.807) is 11.1 Å². The lowest BCUT2D eigenvalue weighted by Gasteiger charge is -2.25. The summed E-state index contributed by atoms with van der Waals surface area (Å²) in [5, 5.41) is 0. The highest BCUT2D eigenvalue weighted by atomic mass is 14.3. The molecule has 0 N–H and O–H groups in total. The summed E-state index contributed by atoms with van der Waals surface area (Å²) in [5.41, 5.74) is 6.00. The van der Waals surface area contributed by atoms with Crippen molar-refractivity contribution < 1.29 is 0 Å². The molecule has 0 amide bonds. The van der Waals surface area contributed by atoms with Crippen molar-refractivity contribution in [1.82, 2.24) is 0 Å². The standard InChI is InChI=1S/C21H20/c1-2-7-17(8-3-1)20-11-4-5-12-21(20)19-14-13-16-9-6-10-18(16)15-19/h1-5,7-8,11-15,20-21H,6,9-10H2. The summed E-state index contributed by atoms with van der Waals surface area (Å²) in [6.07, 6.45) is 12.9. The number of allylic oxidation sites excluding steroid dienone is 4. The molecule has 2 aromatic rings. The minimum atomic E-state index is 0.454. The van der Waals surface area contributed by atoms with E-state index in [4.69, 9.17) is 0 Å². The molecule has 0 heteroatoms. The van der Waals surface area contributed by atoms with Crippen molar-refractivity contribution in [2.75, 3.05) is 0 Å². The van der Waals surface area contributed by atoms with Gasteiger partial charge in [0.2, 0.25) is 0 Å². The summed E-state index contributed by atoms with van der Waals surface area (Å²) >= 11 is 0. The smallest absolute Gasteiger partial charge is 0.0125 e. The van der Waals surface area contributed by atoms with Crippen LogP contribution < -0.4 is 0 Å². The van der Waals surface area contributed by atoms with Crippen LogP contribution in [-0.2, 0) is 12.8 Å². The van der Waals surface area contributed by atoms with E-state index in [-0.39, 0.29) is 0 Å². The third-order valence-electron chi connectivity index (χ3n) is 4.83. The van der Waals surface area contributed by atoms with Gasteiger partial charge in [0.05, 0.1) is 0 Å². The summed E-state index contributed by atoms with van der Waals surface area (Å²) in [7, 11) is 0. The molecule has 0 saturated carbocycles. The Bertz CT molecular complexity index is 691. The number of benzene rings is 2. The van der Waals surface area contributed by atoms with Crippen LogP contribution in [0.5, 0.6) is 0 Å². The van der Waals surface area contributed by atoms with Crippen molar-refractivity contribution in [3.05, 3.63) is 95.1 Å². The Morgan fingerprint density at radius 3 is 2.19 bits per heavy atom. The maximum absolute atomic E-state index is 2.45. The molecule has 2 atom stereocenters. The van der Waals surface area contributed by atoms with Gasteiger partial charge in [0.1, 0.15) is 0 Å². The molecule has 2 unspecified atom stereocenters. The van der Waals surface area contributed by atoms with Crippen LogP contribution in [0, 0.1) is 0 Å². The molecule has 2 aromatic carbocycles. The molecule has 0 saturated heterocycles. The van der Waals surface area contributed by atoms with Gasteiger partial charge < -0.3 is 0 Å². The van der Waals surface area contributed by atoms with Gasteiger partial charge in [0.25, 0.3) is 0 Å². The molecule has 104 valence electrons. The minimum absolute atomic E-state index is 0.454. The third kappa shape index (κ3) is 2.35. The first-order valence-corrected chi connectivity index (χ1v) is 7.93. The van der Waals surface area contributed by atoms with E-state index in [0.717, 1.165) is 0 Å². The lowest BCUT2D eigenvalue weighted by Crippen LogP contribution is -2.10. The number of fused-ring (bicyclic) bond motifs is 1.